The quantitative estimate of drug-likeness (QED) is 0.445. The minimum atomic E-state index is -0.209. The van der Waals surface area contributed by atoms with E-state index in [2.05, 4.69) is 15.6 Å². The van der Waals surface area contributed by atoms with Gasteiger partial charge in [-0.05, 0) is 29.7 Å². The zero-order valence-corrected chi connectivity index (χ0v) is 14.0. The highest BCUT2D eigenvalue weighted by molar-refractivity contribution is 5.79. The van der Waals surface area contributed by atoms with Gasteiger partial charge in [0.1, 0.15) is 5.82 Å². The van der Waals surface area contributed by atoms with Gasteiger partial charge in [-0.15, -0.1) is 0 Å². The SMILES string of the molecule is CN=C(NCCOCc1ccccc1)NCCc1ccc(F)cc1. The van der Waals surface area contributed by atoms with Crippen LogP contribution in [0.25, 0.3) is 0 Å². The fraction of sp³-hybridized carbons (Fsp3) is 0.316. The van der Waals surface area contributed by atoms with E-state index in [0.29, 0.717) is 19.8 Å². The molecule has 2 aromatic rings. The predicted molar refractivity (Wildman–Crippen MR) is 95.6 cm³/mol. The Hall–Kier alpha value is -2.40. The number of hydrogen-bond acceptors (Lipinski definition) is 2. The van der Waals surface area contributed by atoms with E-state index >= 15 is 0 Å². The highest BCUT2D eigenvalue weighted by atomic mass is 19.1. The van der Waals surface area contributed by atoms with Crippen LogP contribution in [-0.2, 0) is 17.8 Å². The predicted octanol–water partition coefficient (Wildman–Crippen LogP) is 2.75. The van der Waals surface area contributed by atoms with E-state index < -0.39 is 0 Å². The van der Waals surface area contributed by atoms with Crippen molar-refractivity contribution in [3.8, 4) is 0 Å². The second kappa shape index (κ2) is 10.4. The van der Waals surface area contributed by atoms with Crippen LogP contribution in [-0.4, -0.2) is 32.7 Å². The molecule has 0 unspecified atom stereocenters. The van der Waals surface area contributed by atoms with Gasteiger partial charge in [0, 0.05) is 20.1 Å². The van der Waals surface area contributed by atoms with E-state index in [9.17, 15) is 4.39 Å². The molecule has 0 bridgehead atoms. The fourth-order valence-electron chi connectivity index (χ4n) is 2.20. The smallest absolute Gasteiger partial charge is 0.191 e. The van der Waals surface area contributed by atoms with Crippen LogP contribution in [0.1, 0.15) is 11.1 Å². The molecule has 0 radical (unpaired) electrons. The first kappa shape index (κ1) is 17.9. The third-order valence-corrected chi connectivity index (χ3v) is 3.49. The Labute approximate surface area is 142 Å². The second-order valence-electron chi connectivity index (χ2n) is 5.34. The molecule has 0 aromatic heterocycles. The number of nitrogens with one attached hydrogen (secondary N) is 2. The molecule has 2 aromatic carbocycles. The van der Waals surface area contributed by atoms with Crippen molar-refractivity contribution in [3.63, 3.8) is 0 Å². The fourth-order valence-corrected chi connectivity index (χ4v) is 2.20. The maximum absolute atomic E-state index is 12.8. The van der Waals surface area contributed by atoms with Crippen molar-refractivity contribution in [3.05, 3.63) is 71.5 Å². The summed E-state index contributed by atoms with van der Waals surface area (Å²) >= 11 is 0. The Morgan fingerprint density at radius 1 is 0.958 bits per heavy atom. The van der Waals surface area contributed by atoms with Crippen LogP contribution in [0.15, 0.2) is 59.6 Å². The summed E-state index contributed by atoms with van der Waals surface area (Å²) in [6, 6.07) is 16.6. The average Bonchev–Trinajstić information content (AvgIpc) is 2.62. The summed E-state index contributed by atoms with van der Waals surface area (Å²) < 4.78 is 18.5. The van der Waals surface area contributed by atoms with Crippen LogP contribution in [0.2, 0.25) is 0 Å². The average molecular weight is 329 g/mol. The van der Waals surface area contributed by atoms with Gasteiger partial charge in [0.25, 0.3) is 0 Å². The van der Waals surface area contributed by atoms with Crippen molar-refractivity contribution in [1.29, 1.82) is 0 Å². The molecule has 0 saturated carbocycles. The van der Waals surface area contributed by atoms with E-state index in [-0.39, 0.29) is 5.82 Å². The highest BCUT2D eigenvalue weighted by Crippen LogP contribution is 2.02. The molecular weight excluding hydrogens is 305 g/mol. The third-order valence-electron chi connectivity index (χ3n) is 3.49. The molecule has 0 amide bonds. The summed E-state index contributed by atoms with van der Waals surface area (Å²) in [6.45, 7) is 2.63. The van der Waals surface area contributed by atoms with E-state index in [4.69, 9.17) is 4.74 Å². The van der Waals surface area contributed by atoms with E-state index in [1.54, 1.807) is 19.2 Å². The Morgan fingerprint density at radius 3 is 2.38 bits per heavy atom. The number of benzene rings is 2. The number of nitrogens with zero attached hydrogens (tertiary/aromatic N) is 1. The van der Waals surface area contributed by atoms with Crippen molar-refractivity contribution in [2.45, 2.75) is 13.0 Å². The lowest BCUT2D eigenvalue weighted by Crippen LogP contribution is -2.39. The van der Waals surface area contributed by atoms with Gasteiger partial charge in [-0.25, -0.2) is 4.39 Å². The normalized spacial score (nSPS) is 11.3. The molecule has 0 saturated heterocycles. The second-order valence-corrected chi connectivity index (χ2v) is 5.34. The first-order valence-corrected chi connectivity index (χ1v) is 8.08. The Kier molecular flexibility index (Phi) is 7.77. The number of aliphatic imine (C=N–C) groups is 1. The first-order chi connectivity index (χ1) is 11.8. The Morgan fingerprint density at radius 2 is 1.67 bits per heavy atom. The van der Waals surface area contributed by atoms with E-state index in [0.717, 1.165) is 24.5 Å². The monoisotopic (exact) mass is 329 g/mol. The van der Waals surface area contributed by atoms with Crippen LogP contribution in [0.4, 0.5) is 4.39 Å². The van der Waals surface area contributed by atoms with Crippen molar-refractivity contribution in [1.82, 2.24) is 10.6 Å². The lowest BCUT2D eigenvalue weighted by molar-refractivity contribution is 0.125. The standard InChI is InChI=1S/C19H24FN3O/c1-21-19(22-12-11-16-7-9-18(20)10-8-16)23-13-14-24-15-17-5-3-2-4-6-17/h2-10H,11-15H2,1H3,(H2,21,22,23). The lowest BCUT2D eigenvalue weighted by atomic mass is 10.1. The van der Waals surface area contributed by atoms with Gasteiger partial charge in [-0.1, -0.05) is 42.5 Å². The molecule has 0 spiro atoms. The third kappa shape index (κ3) is 6.79. The topological polar surface area (TPSA) is 45.7 Å². The zero-order chi connectivity index (χ0) is 17.0. The summed E-state index contributed by atoms with van der Waals surface area (Å²) in [5.41, 5.74) is 2.25. The van der Waals surface area contributed by atoms with Crippen molar-refractivity contribution in [2.75, 3.05) is 26.7 Å². The molecule has 0 aliphatic rings. The number of guanidine groups is 1. The van der Waals surface area contributed by atoms with Crippen LogP contribution < -0.4 is 10.6 Å². The van der Waals surface area contributed by atoms with Crippen LogP contribution in [0.5, 0.6) is 0 Å². The van der Waals surface area contributed by atoms with Gasteiger partial charge in [0.05, 0.1) is 13.2 Å². The molecule has 0 fully saturated rings. The minimum Gasteiger partial charge on any atom is -0.375 e. The van der Waals surface area contributed by atoms with Gasteiger partial charge >= 0.3 is 0 Å². The molecule has 2 rings (SSSR count). The van der Waals surface area contributed by atoms with Crippen LogP contribution in [0, 0.1) is 5.82 Å². The number of hydrogen-bond donors (Lipinski definition) is 2. The van der Waals surface area contributed by atoms with Crippen molar-refractivity contribution >= 4 is 5.96 Å². The molecule has 4 nitrogen and oxygen atoms in total. The summed E-state index contributed by atoms with van der Waals surface area (Å²) in [7, 11) is 1.73. The van der Waals surface area contributed by atoms with Gasteiger partial charge in [0.15, 0.2) is 5.96 Å². The molecule has 0 heterocycles. The first-order valence-electron chi connectivity index (χ1n) is 8.08. The Balaban J connectivity index is 1.57. The minimum absolute atomic E-state index is 0.209. The molecular formula is C19H24FN3O. The van der Waals surface area contributed by atoms with Crippen LogP contribution >= 0.6 is 0 Å². The molecule has 2 N–H and O–H groups in total. The van der Waals surface area contributed by atoms with Gasteiger partial charge in [-0.2, -0.15) is 0 Å². The van der Waals surface area contributed by atoms with Crippen LogP contribution in [0.3, 0.4) is 0 Å². The molecule has 0 aliphatic heterocycles. The maximum atomic E-state index is 12.8. The molecule has 0 atom stereocenters. The lowest BCUT2D eigenvalue weighted by Gasteiger charge is -2.12. The number of ether oxygens (including phenoxy) is 1. The zero-order valence-electron chi connectivity index (χ0n) is 14.0. The summed E-state index contributed by atoms with van der Waals surface area (Å²) in [5, 5.41) is 6.44. The van der Waals surface area contributed by atoms with Crippen molar-refractivity contribution in [2.24, 2.45) is 4.99 Å². The van der Waals surface area contributed by atoms with E-state index in [1.165, 1.54) is 17.7 Å². The van der Waals surface area contributed by atoms with Gasteiger partial charge < -0.3 is 15.4 Å². The highest BCUT2D eigenvalue weighted by Gasteiger charge is 1.99. The van der Waals surface area contributed by atoms with Gasteiger partial charge in [0.2, 0.25) is 0 Å². The number of rotatable bonds is 8. The van der Waals surface area contributed by atoms with Crippen molar-refractivity contribution < 1.29 is 9.13 Å². The molecule has 24 heavy (non-hydrogen) atoms. The van der Waals surface area contributed by atoms with E-state index in [1.807, 2.05) is 30.3 Å². The van der Waals surface area contributed by atoms with Gasteiger partial charge in [-0.3, -0.25) is 4.99 Å². The molecule has 5 heteroatoms. The maximum Gasteiger partial charge on any atom is 0.191 e. The summed E-state index contributed by atoms with van der Waals surface area (Å²) in [4.78, 5) is 4.17. The molecule has 0 aliphatic carbocycles. The number of halogens is 1. The largest absolute Gasteiger partial charge is 0.375 e. The molecule has 128 valence electrons. The Bertz CT molecular complexity index is 614. The summed E-state index contributed by atoms with van der Waals surface area (Å²) in [5.74, 6) is 0.528. The summed E-state index contributed by atoms with van der Waals surface area (Å²) in [6.07, 6.45) is 0.811.